The van der Waals surface area contributed by atoms with Gasteiger partial charge in [-0.3, -0.25) is 14.5 Å². The average molecular weight is 254 g/mol. The molecule has 0 saturated heterocycles. The lowest BCUT2D eigenvalue weighted by Gasteiger charge is -2.25. The first-order chi connectivity index (χ1) is 8.54. The minimum atomic E-state index is -0.976. The van der Waals surface area contributed by atoms with E-state index in [1.807, 2.05) is 13.8 Å². The van der Waals surface area contributed by atoms with Crippen LogP contribution >= 0.6 is 0 Å². The molecule has 0 aromatic carbocycles. The molecule has 0 aromatic rings. The van der Waals surface area contributed by atoms with E-state index in [1.165, 1.54) is 4.90 Å². The van der Waals surface area contributed by atoms with Crippen molar-refractivity contribution in [3.05, 3.63) is 0 Å². The Morgan fingerprint density at radius 1 is 1.17 bits per heavy atom. The zero-order valence-electron chi connectivity index (χ0n) is 11.2. The third kappa shape index (κ3) is 6.92. The fraction of sp³-hybridized carbons (Fsp3) is 0.692. The van der Waals surface area contributed by atoms with E-state index < -0.39 is 5.97 Å². The zero-order valence-corrected chi connectivity index (χ0v) is 11.2. The Balaban J connectivity index is 4.44. The Bertz CT molecular complexity index is 304. The topological polar surface area (TPSA) is 60.9 Å². The summed E-state index contributed by atoms with van der Waals surface area (Å²) in [5, 5.41) is 8.73. The number of nitrogens with zero attached hydrogens (tertiary/aromatic N) is 2. The van der Waals surface area contributed by atoms with Crippen molar-refractivity contribution in [1.29, 1.82) is 0 Å². The second kappa shape index (κ2) is 9.49. The molecule has 102 valence electrons. The summed E-state index contributed by atoms with van der Waals surface area (Å²) in [4.78, 5) is 25.9. The van der Waals surface area contributed by atoms with Crippen LogP contribution < -0.4 is 0 Å². The molecule has 18 heavy (non-hydrogen) atoms. The van der Waals surface area contributed by atoms with Crippen LogP contribution in [-0.4, -0.2) is 59.5 Å². The molecular formula is C13H22N2O3. The second-order valence-electron chi connectivity index (χ2n) is 4.12. The molecule has 0 radical (unpaired) electrons. The third-order valence-electron chi connectivity index (χ3n) is 2.37. The molecule has 0 rings (SSSR count). The van der Waals surface area contributed by atoms with Gasteiger partial charge >= 0.3 is 5.97 Å². The maximum atomic E-state index is 12.0. The van der Waals surface area contributed by atoms with E-state index in [1.54, 1.807) is 4.90 Å². The van der Waals surface area contributed by atoms with Crippen molar-refractivity contribution in [3.8, 4) is 12.3 Å². The van der Waals surface area contributed by atoms with Crippen LogP contribution in [-0.2, 0) is 9.59 Å². The van der Waals surface area contributed by atoms with Gasteiger partial charge in [0.05, 0.1) is 19.6 Å². The number of carboxylic acids is 1. The van der Waals surface area contributed by atoms with Crippen molar-refractivity contribution >= 4 is 11.9 Å². The molecule has 1 N–H and O–H groups in total. The summed E-state index contributed by atoms with van der Waals surface area (Å²) in [6.07, 6.45) is 6.94. The highest BCUT2D eigenvalue weighted by atomic mass is 16.4. The molecule has 0 spiro atoms. The van der Waals surface area contributed by atoms with Crippen molar-refractivity contribution in [3.63, 3.8) is 0 Å². The second-order valence-corrected chi connectivity index (χ2v) is 4.12. The third-order valence-corrected chi connectivity index (χ3v) is 2.37. The first kappa shape index (κ1) is 16.5. The van der Waals surface area contributed by atoms with Gasteiger partial charge in [0.2, 0.25) is 5.91 Å². The summed E-state index contributed by atoms with van der Waals surface area (Å²) in [6, 6.07) is 0. The number of amides is 1. The maximum absolute atomic E-state index is 12.0. The lowest BCUT2D eigenvalue weighted by Crippen LogP contribution is -2.43. The van der Waals surface area contributed by atoms with Crippen LogP contribution in [0.3, 0.4) is 0 Å². The lowest BCUT2D eigenvalue weighted by atomic mass is 10.3. The molecule has 0 bridgehead atoms. The van der Waals surface area contributed by atoms with E-state index in [2.05, 4.69) is 5.92 Å². The Labute approximate surface area is 109 Å². The number of carbonyl (C=O) groups is 2. The molecule has 1 amide bonds. The highest BCUT2D eigenvalue weighted by Crippen LogP contribution is 1.98. The summed E-state index contributed by atoms with van der Waals surface area (Å²) < 4.78 is 0. The minimum absolute atomic E-state index is 0.0600. The molecule has 5 heteroatoms. The van der Waals surface area contributed by atoms with Crippen molar-refractivity contribution < 1.29 is 14.7 Å². The van der Waals surface area contributed by atoms with Gasteiger partial charge in [-0.05, 0) is 12.8 Å². The molecule has 0 aliphatic rings. The molecule has 0 fully saturated rings. The number of hydrogen-bond donors (Lipinski definition) is 1. The summed E-state index contributed by atoms with van der Waals surface area (Å²) in [6.45, 7) is 5.44. The summed E-state index contributed by atoms with van der Waals surface area (Å²) in [5.74, 6) is 1.34. The standard InChI is InChI=1S/C13H22N2O3/c1-4-7-14(11-13(17)18)10-12(16)15(8-5-2)9-6-3/h1H,5-11H2,2-3H3,(H,17,18). The molecule has 0 heterocycles. The van der Waals surface area contributed by atoms with E-state index in [9.17, 15) is 9.59 Å². The monoisotopic (exact) mass is 254 g/mol. The van der Waals surface area contributed by atoms with Gasteiger partial charge in [-0.1, -0.05) is 19.8 Å². The molecule has 0 aliphatic carbocycles. The SMILES string of the molecule is C#CCN(CC(=O)O)CC(=O)N(CCC)CCC. The highest BCUT2D eigenvalue weighted by Gasteiger charge is 2.17. The molecule has 0 aliphatic heterocycles. The number of rotatable bonds is 9. The van der Waals surface area contributed by atoms with E-state index >= 15 is 0 Å². The van der Waals surface area contributed by atoms with Crippen LogP contribution in [0.2, 0.25) is 0 Å². The van der Waals surface area contributed by atoms with Gasteiger partial charge in [-0.15, -0.1) is 6.42 Å². The maximum Gasteiger partial charge on any atom is 0.317 e. The van der Waals surface area contributed by atoms with E-state index in [0.29, 0.717) is 13.1 Å². The normalized spacial score (nSPS) is 10.1. The number of carboxylic acid groups (broad SMARTS) is 1. The molecule has 0 saturated carbocycles. The van der Waals surface area contributed by atoms with E-state index in [0.717, 1.165) is 12.8 Å². The lowest BCUT2D eigenvalue weighted by molar-refractivity contribution is -0.139. The summed E-state index contributed by atoms with van der Waals surface area (Å²) in [7, 11) is 0. The van der Waals surface area contributed by atoms with Gasteiger partial charge in [-0.2, -0.15) is 0 Å². The van der Waals surface area contributed by atoms with Crippen LogP contribution in [0, 0.1) is 12.3 Å². The van der Waals surface area contributed by atoms with Crippen LogP contribution in [0.25, 0.3) is 0 Å². The zero-order chi connectivity index (χ0) is 14.0. The first-order valence-electron chi connectivity index (χ1n) is 6.20. The van der Waals surface area contributed by atoms with Crippen molar-refractivity contribution in [2.45, 2.75) is 26.7 Å². The van der Waals surface area contributed by atoms with Crippen molar-refractivity contribution in [1.82, 2.24) is 9.80 Å². The van der Waals surface area contributed by atoms with Crippen LogP contribution in [0.5, 0.6) is 0 Å². The first-order valence-corrected chi connectivity index (χ1v) is 6.20. The predicted molar refractivity (Wildman–Crippen MR) is 70.1 cm³/mol. The predicted octanol–water partition coefficient (Wildman–Crippen LogP) is 0.655. The number of aliphatic carboxylic acids is 1. The molecule has 0 aromatic heterocycles. The van der Waals surface area contributed by atoms with Crippen LogP contribution in [0.4, 0.5) is 0 Å². The Hall–Kier alpha value is -1.54. The number of terminal acetylenes is 1. The Kier molecular flexibility index (Phi) is 8.67. The van der Waals surface area contributed by atoms with Gasteiger partial charge in [0, 0.05) is 13.1 Å². The van der Waals surface area contributed by atoms with Gasteiger partial charge in [0.1, 0.15) is 0 Å². The van der Waals surface area contributed by atoms with E-state index in [4.69, 9.17) is 11.5 Å². The number of carbonyl (C=O) groups excluding carboxylic acids is 1. The number of hydrogen-bond acceptors (Lipinski definition) is 3. The quantitative estimate of drug-likeness (QED) is 0.614. The molecule has 0 unspecified atom stereocenters. The van der Waals surface area contributed by atoms with Crippen molar-refractivity contribution in [2.75, 3.05) is 32.7 Å². The Morgan fingerprint density at radius 2 is 1.72 bits per heavy atom. The molecule has 0 atom stereocenters. The van der Waals surface area contributed by atoms with Crippen LogP contribution in [0.1, 0.15) is 26.7 Å². The van der Waals surface area contributed by atoms with E-state index in [-0.39, 0.29) is 25.5 Å². The van der Waals surface area contributed by atoms with Gasteiger partial charge in [0.25, 0.3) is 0 Å². The van der Waals surface area contributed by atoms with Crippen LogP contribution in [0.15, 0.2) is 0 Å². The summed E-state index contributed by atoms with van der Waals surface area (Å²) in [5.41, 5.74) is 0. The largest absolute Gasteiger partial charge is 0.480 e. The average Bonchev–Trinajstić information content (AvgIpc) is 2.28. The van der Waals surface area contributed by atoms with Gasteiger partial charge in [0.15, 0.2) is 0 Å². The smallest absolute Gasteiger partial charge is 0.317 e. The van der Waals surface area contributed by atoms with Gasteiger partial charge in [-0.25, -0.2) is 0 Å². The highest BCUT2D eigenvalue weighted by molar-refractivity contribution is 5.79. The minimum Gasteiger partial charge on any atom is -0.480 e. The fourth-order valence-corrected chi connectivity index (χ4v) is 1.68. The van der Waals surface area contributed by atoms with Crippen molar-refractivity contribution in [2.24, 2.45) is 0 Å². The fourth-order valence-electron chi connectivity index (χ4n) is 1.68. The Morgan fingerprint density at radius 3 is 2.11 bits per heavy atom. The van der Waals surface area contributed by atoms with Gasteiger partial charge < -0.3 is 10.0 Å². The molecule has 5 nitrogen and oxygen atoms in total. The summed E-state index contributed by atoms with van der Waals surface area (Å²) >= 11 is 0. The molecular weight excluding hydrogens is 232 g/mol.